The molecule has 1 aliphatic heterocycles. The normalized spacial score (nSPS) is 14.2. The lowest BCUT2D eigenvalue weighted by Crippen LogP contribution is -2.49. The van der Waals surface area contributed by atoms with Crippen molar-refractivity contribution in [3.05, 3.63) is 108 Å². The second kappa shape index (κ2) is 10.8. The third-order valence-corrected chi connectivity index (χ3v) is 7.15. The van der Waals surface area contributed by atoms with Gasteiger partial charge in [-0.1, -0.05) is 73.7 Å². The minimum Gasteiger partial charge on any atom is -0.338 e. The number of para-hydroxylation sites is 1. The van der Waals surface area contributed by atoms with E-state index in [1.165, 1.54) is 5.56 Å². The highest BCUT2D eigenvalue weighted by atomic mass is 16.2. The van der Waals surface area contributed by atoms with Gasteiger partial charge in [0.15, 0.2) is 0 Å². The highest BCUT2D eigenvalue weighted by Gasteiger charge is 2.31. The zero-order valence-electron chi connectivity index (χ0n) is 20.8. The van der Waals surface area contributed by atoms with Crippen LogP contribution in [0.5, 0.6) is 0 Å². The van der Waals surface area contributed by atoms with Crippen molar-refractivity contribution in [1.29, 1.82) is 0 Å². The molecule has 1 aliphatic rings. The molecule has 1 saturated heterocycles. The van der Waals surface area contributed by atoms with Crippen molar-refractivity contribution < 1.29 is 9.59 Å². The van der Waals surface area contributed by atoms with Gasteiger partial charge >= 0.3 is 0 Å². The first kappa shape index (κ1) is 23.9. The lowest BCUT2D eigenvalue weighted by Gasteiger charge is -2.38. The molecule has 5 nitrogen and oxygen atoms in total. The molecule has 0 aliphatic carbocycles. The summed E-state index contributed by atoms with van der Waals surface area (Å²) < 4.78 is 2.16. The Morgan fingerprint density at radius 3 is 2.19 bits per heavy atom. The molecule has 184 valence electrons. The van der Waals surface area contributed by atoms with Crippen molar-refractivity contribution in [3.8, 4) is 0 Å². The molecule has 1 aromatic heterocycles. The largest absolute Gasteiger partial charge is 0.338 e. The van der Waals surface area contributed by atoms with Crippen LogP contribution in [-0.2, 0) is 6.54 Å². The average molecular weight is 480 g/mol. The third kappa shape index (κ3) is 4.92. The minimum atomic E-state index is 0.0744. The number of nitrogens with zero attached hydrogens (tertiary/aromatic N) is 3. The summed E-state index contributed by atoms with van der Waals surface area (Å²) in [4.78, 5) is 31.0. The zero-order chi connectivity index (χ0) is 24.9. The van der Waals surface area contributed by atoms with Crippen LogP contribution in [0.4, 0.5) is 0 Å². The van der Waals surface area contributed by atoms with Crippen LogP contribution in [-0.4, -0.2) is 51.9 Å². The van der Waals surface area contributed by atoms with Crippen LogP contribution in [0.2, 0.25) is 0 Å². The molecule has 5 heteroatoms. The number of fused-ring (bicyclic) bond motifs is 1. The number of piperidine rings is 1. The van der Waals surface area contributed by atoms with Crippen molar-refractivity contribution in [2.75, 3.05) is 19.6 Å². The van der Waals surface area contributed by atoms with Crippen LogP contribution in [0, 0.1) is 0 Å². The van der Waals surface area contributed by atoms with E-state index < -0.39 is 0 Å². The molecule has 0 N–H and O–H groups in total. The number of benzene rings is 3. The van der Waals surface area contributed by atoms with Gasteiger partial charge in [-0.3, -0.25) is 9.59 Å². The highest BCUT2D eigenvalue weighted by Crippen LogP contribution is 2.26. The highest BCUT2D eigenvalue weighted by molar-refractivity contribution is 5.99. The second-order valence-electron chi connectivity index (χ2n) is 9.55. The topological polar surface area (TPSA) is 45.6 Å². The van der Waals surface area contributed by atoms with Gasteiger partial charge in [0, 0.05) is 48.7 Å². The molecule has 1 fully saturated rings. The molecule has 2 heterocycles. The van der Waals surface area contributed by atoms with Crippen LogP contribution in [0.3, 0.4) is 0 Å². The fourth-order valence-electron chi connectivity index (χ4n) is 5.31. The number of likely N-dealkylation sites (tertiary alicyclic amines) is 1. The molecule has 0 saturated carbocycles. The van der Waals surface area contributed by atoms with Gasteiger partial charge < -0.3 is 14.4 Å². The molecular weight excluding hydrogens is 446 g/mol. The van der Waals surface area contributed by atoms with Gasteiger partial charge in [0.1, 0.15) is 5.69 Å². The molecule has 0 atom stereocenters. The molecule has 36 heavy (non-hydrogen) atoms. The number of carbonyl (C=O) groups is 2. The van der Waals surface area contributed by atoms with E-state index in [1.54, 1.807) is 0 Å². The van der Waals surface area contributed by atoms with Crippen LogP contribution in [0.1, 0.15) is 52.6 Å². The molecule has 0 radical (unpaired) electrons. The summed E-state index contributed by atoms with van der Waals surface area (Å²) in [5, 5.41) is 1.08. The number of carbonyl (C=O) groups excluding carboxylic acids is 2. The SMILES string of the molecule is CCCN(C(=O)c1cc2ccccc2n1Cc1ccccc1)C1CCN(C(=O)c2ccccc2)CC1. The summed E-state index contributed by atoms with van der Waals surface area (Å²) in [5.74, 6) is 0.155. The fourth-order valence-corrected chi connectivity index (χ4v) is 5.31. The van der Waals surface area contributed by atoms with E-state index in [2.05, 4.69) is 40.7 Å². The van der Waals surface area contributed by atoms with Crippen LogP contribution < -0.4 is 0 Å². The standard InChI is InChI=1S/C31H33N3O2/c1-2-19-33(27-17-20-32(21-18-27)30(35)25-13-7-4-8-14-25)31(36)29-22-26-15-9-10-16-28(26)34(29)23-24-11-5-3-6-12-24/h3-16,22,27H,2,17-21,23H2,1H3. The van der Waals surface area contributed by atoms with Gasteiger partial charge in [-0.2, -0.15) is 0 Å². The lowest BCUT2D eigenvalue weighted by atomic mass is 10.0. The van der Waals surface area contributed by atoms with Crippen molar-refractivity contribution in [3.63, 3.8) is 0 Å². The zero-order valence-corrected chi connectivity index (χ0v) is 20.8. The van der Waals surface area contributed by atoms with Gasteiger partial charge in [-0.05, 0) is 49.1 Å². The van der Waals surface area contributed by atoms with Crippen molar-refractivity contribution in [1.82, 2.24) is 14.4 Å². The minimum absolute atomic E-state index is 0.0744. The predicted molar refractivity (Wildman–Crippen MR) is 144 cm³/mol. The first-order valence-electron chi connectivity index (χ1n) is 12.9. The Hall–Kier alpha value is -3.86. The van der Waals surface area contributed by atoms with E-state index in [9.17, 15) is 9.59 Å². The van der Waals surface area contributed by atoms with E-state index in [0.717, 1.165) is 41.4 Å². The monoisotopic (exact) mass is 479 g/mol. The lowest BCUT2D eigenvalue weighted by molar-refractivity contribution is 0.0513. The van der Waals surface area contributed by atoms with Gasteiger partial charge in [0.2, 0.25) is 0 Å². The molecule has 0 spiro atoms. The maximum Gasteiger partial charge on any atom is 0.270 e. The number of rotatable bonds is 7. The van der Waals surface area contributed by atoms with Gasteiger partial charge in [-0.15, -0.1) is 0 Å². The van der Waals surface area contributed by atoms with Gasteiger partial charge in [0.05, 0.1) is 0 Å². The van der Waals surface area contributed by atoms with E-state index in [-0.39, 0.29) is 17.9 Å². The number of hydrogen-bond donors (Lipinski definition) is 0. The summed E-state index contributed by atoms with van der Waals surface area (Å²) in [7, 11) is 0. The summed E-state index contributed by atoms with van der Waals surface area (Å²) in [6.07, 6.45) is 2.49. The van der Waals surface area contributed by atoms with Crippen molar-refractivity contribution >= 4 is 22.7 Å². The first-order chi connectivity index (χ1) is 17.7. The van der Waals surface area contributed by atoms with E-state index in [1.807, 2.05) is 71.6 Å². The molecule has 4 aromatic rings. The Bertz CT molecular complexity index is 1320. The van der Waals surface area contributed by atoms with E-state index in [4.69, 9.17) is 0 Å². The molecular formula is C31H33N3O2. The Kier molecular flexibility index (Phi) is 7.17. The van der Waals surface area contributed by atoms with E-state index >= 15 is 0 Å². The predicted octanol–water partition coefficient (Wildman–Crippen LogP) is 5.85. The molecule has 0 bridgehead atoms. The van der Waals surface area contributed by atoms with E-state index in [0.29, 0.717) is 26.2 Å². The average Bonchev–Trinajstić information content (AvgIpc) is 3.30. The van der Waals surface area contributed by atoms with Gasteiger partial charge in [0.25, 0.3) is 11.8 Å². The van der Waals surface area contributed by atoms with Crippen LogP contribution in [0.15, 0.2) is 91.0 Å². The Balaban J connectivity index is 1.38. The van der Waals surface area contributed by atoms with Crippen molar-refractivity contribution in [2.45, 2.75) is 38.8 Å². The maximum atomic E-state index is 14.1. The second-order valence-corrected chi connectivity index (χ2v) is 9.55. The Labute approximate surface area is 212 Å². The number of hydrogen-bond acceptors (Lipinski definition) is 2. The molecule has 5 rings (SSSR count). The maximum absolute atomic E-state index is 14.1. The molecule has 0 unspecified atom stereocenters. The number of aromatic nitrogens is 1. The Morgan fingerprint density at radius 1 is 0.861 bits per heavy atom. The summed E-state index contributed by atoms with van der Waals surface area (Å²) in [6, 6.07) is 30.1. The van der Waals surface area contributed by atoms with Crippen LogP contribution >= 0.6 is 0 Å². The summed E-state index contributed by atoms with van der Waals surface area (Å²) in [6.45, 7) is 4.81. The number of amides is 2. The summed E-state index contributed by atoms with van der Waals surface area (Å²) >= 11 is 0. The molecule has 2 amide bonds. The quantitative estimate of drug-likeness (QED) is 0.334. The molecule has 3 aromatic carbocycles. The fraction of sp³-hybridized carbons (Fsp3) is 0.290. The first-order valence-corrected chi connectivity index (χ1v) is 12.9. The van der Waals surface area contributed by atoms with Crippen LogP contribution in [0.25, 0.3) is 10.9 Å². The van der Waals surface area contributed by atoms with Crippen molar-refractivity contribution in [2.24, 2.45) is 0 Å². The van der Waals surface area contributed by atoms with Gasteiger partial charge in [-0.25, -0.2) is 0 Å². The third-order valence-electron chi connectivity index (χ3n) is 7.15. The Morgan fingerprint density at radius 2 is 1.50 bits per heavy atom. The smallest absolute Gasteiger partial charge is 0.270 e. The summed E-state index contributed by atoms with van der Waals surface area (Å²) in [5.41, 5.74) is 3.70.